The van der Waals surface area contributed by atoms with Crippen LogP contribution in [-0.4, -0.2) is 55.9 Å². The van der Waals surface area contributed by atoms with E-state index in [2.05, 4.69) is 36.2 Å². The van der Waals surface area contributed by atoms with Gasteiger partial charge in [-0.3, -0.25) is 0 Å². The summed E-state index contributed by atoms with van der Waals surface area (Å²) in [5, 5.41) is 6.80. The molecule has 0 fully saturated rings. The second kappa shape index (κ2) is 17.3. The number of hydrogen-bond acceptors (Lipinski definition) is 5. The van der Waals surface area contributed by atoms with Crippen molar-refractivity contribution in [3.63, 3.8) is 0 Å². The van der Waals surface area contributed by atoms with Crippen LogP contribution in [-0.2, 0) is 0 Å². The molecule has 0 aliphatic carbocycles. The van der Waals surface area contributed by atoms with Gasteiger partial charge < -0.3 is 20.1 Å². The first-order valence-electron chi connectivity index (χ1n) is 11.0. The summed E-state index contributed by atoms with van der Waals surface area (Å²) in [4.78, 5) is 0. The second-order valence-corrected chi connectivity index (χ2v) is 12.6. The SMILES string of the molecule is CCOc1ccc(NC(=S)Nc2ccc(OCC)cc2)cc1.CCS[CH]([SnH])CCC(C)N. The van der Waals surface area contributed by atoms with E-state index in [4.69, 9.17) is 27.4 Å². The van der Waals surface area contributed by atoms with E-state index in [0.29, 0.717) is 24.4 Å². The number of thiocarbonyl (C=S) groups is 1. The van der Waals surface area contributed by atoms with Crippen molar-refractivity contribution >= 4 is 63.0 Å². The molecule has 4 N–H and O–H groups in total. The van der Waals surface area contributed by atoms with Gasteiger partial charge in [0, 0.05) is 11.4 Å². The van der Waals surface area contributed by atoms with Crippen LogP contribution >= 0.6 is 24.0 Å². The number of nitrogens with two attached hydrogens (primary N) is 1. The topological polar surface area (TPSA) is 68.5 Å². The number of rotatable bonds is 11. The zero-order valence-electron chi connectivity index (χ0n) is 19.6. The molecule has 0 aliphatic rings. The molecule has 2 aromatic rings. The third-order valence-corrected chi connectivity index (χ3v) is 7.93. The molecule has 0 spiro atoms. The van der Waals surface area contributed by atoms with E-state index in [1.54, 1.807) is 0 Å². The molecule has 2 rings (SSSR count). The van der Waals surface area contributed by atoms with Gasteiger partial charge in [-0.25, -0.2) is 0 Å². The van der Waals surface area contributed by atoms with Crippen LogP contribution in [0.2, 0.25) is 0 Å². The van der Waals surface area contributed by atoms with Gasteiger partial charge in [-0.15, -0.1) is 0 Å². The molecule has 8 heteroatoms. The average Bonchev–Trinajstić information content (AvgIpc) is 2.76. The molecule has 2 unspecified atom stereocenters. The van der Waals surface area contributed by atoms with Crippen molar-refractivity contribution in [3.05, 3.63) is 48.5 Å². The van der Waals surface area contributed by atoms with Gasteiger partial charge in [-0.1, -0.05) is 0 Å². The number of ether oxygens (including phenoxy) is 2. The normalized spacial score (nSPS) is 12.1. The standard InChI is InChI=1S/C17H20N2O2S.C7H16NS.Sn.H/c1-3-20-15-9-5-13(6-10-15)18-17(22)19-14-7-11-16(12-8-14)21-4-2;1-3-9-6-4-5-7(2)8;;/h5-12H,3-4H2,1-2H3,(H2,18,19,22);6-7H,3-5,8H2,1-2H3;;. The molecular weight excluding hydrogens is 545 g/mol. The van der Waals surface area contributed by atoms with E-state index in [-0.39, 0.29) is 0 Å². The third kappa shape index (κ3) is 13.4. The number of hydrogen-bond donors (Lipinski definition) is 3. The summed E-state index contributed by atoms with van der Waals surface area (Å²) < 4.78 is 11.7. The van der Waals surface area contributed by atoms with Crippen LogP contribution in [0.4, 0.5) is 11.4 Å². The molecule has 0 saturated carbocycles. The van der Waals surface area contributed by atoms with E-state index in [0.717, 1.165) is 26.1 Å². The molecule has 0 bridgehead atoms. The molecule has 2 aromatic carbocycles. The van der Waals surface area contributed by atoms with E-state index in [1.165, 1.54) is 41.1 Å². The summed E-state index contributed by atoms with van der Waals surface area (Å²) in [6, 6.07) is 15.7. The van der Waals surface area contributed by atoms with Crippen LogP contribution in [0.5, 0.6) is 11.5 Å². The summed E-state index contributed by atoms with van der Waals surface area (Å²) in [5.41, 5.74) is 7.46. The fourth-order valence-corrected chi connectivity index (χ4v) is 5.78. The molecule has 0 amide bonds. The van der Waals surface area contributed by atoms with Crippen LogP contribution in [0, 0.1) is 0 Å². The number of benzene rings is 2. The Balaban J connectivity index is 0.000000433. The van der Waals surface area contributed by atoms with Crippen molar-refractivity contribution in [2.75, 3.05) is 29.6 Å². The predicted octanol–water partition coefficient (Wildman–Crippen LogP) is 5.39. The molecular formula is C24H37N3O2S2Sn. The Hall–Kier alpha value is -1.16. The van der Waals surface area contributed by atoms with Crippen LogP contribution < -0.4 is 25.8 Å². The summed E-state index contributed by atoms with van der Waals surface area (Å²) in [7, 11) is 0. The Labute approximate surface area is 216 Å². The number of anilines is 2. The monoisotopic (exact) mass is 583 g/mol. The first kappa shape index (κ1) is 28.9. The number of nitrogens with one attached hydrogen (secondary N) is 2. The Kier molecular flexibility index (Phi) is 15.6. The van der Waals surface area contributed by atoms with Gasteiger partial charge in [0.1, 0.15) is 11.5 Å². The minimum atomic E-state index is 0.396. The second-order valence-electron chi connectivity index (χ2n) is 7.04. The van der Waals surface area contributed by atoms with Gasteiger partial charge in [0.2, 0.25) is 0 Å². The molecule has 0 heterocycles. The van der Waals surface area contributed by atoms with Crippen LogP contribution in [0.25, 0.3) is 0 Å². The van der Waals surface area contributed by atoms with Gasteiger partial charge in [-0.2, -0.15) is 0 Å². The minimum absolute atomic E-state index is 0.396. The van der Waals surface area contributed by atoms with Crippen molar-refractivity contribution in [2.45, 2.75) is 49.8 Å². The Bertz CT molecular complexity index is 705. The molecule has 2 radical (unpaired) electrons. The van der Waals surface area contributed by atoms with Crippen LogP contribution in [0.3, 0.4) is 0 Å². The third-order valence-electron chi connectivity index (χ3n) is 4.13. The van der Waals surface area contributed by atoms with Crippen molar-refractivity contribution in [3.8, 4) is 11.5 Å². The zero-order chi connectivity index (χ0) is 23.8. The van der Waals surface area contributed by atoms with Crippen molar-refractivity contribution in [2.24, 2.45) is 5.73 Å². The van der Waals surface area contributed by atoms with Crippen molar-refractivity contribution < 1.29 is 9.47 Å². The number of thioether (sulfide) groups is 1. The first-order valence-corrected chi connectivity index (χ1v) is 14.4. The van der Waals surface area contributed by atoms with Crippen molar-refractivity contribution in [1.82, 2.24) is 0 Å². The Morgan fingerprint density at radius 1 is 0.906 bits per heavy atom. The average molecular weight is 582 g/mol. The van der Waals surface area contributed by atoms with E-state index < -0.39 is 0 Å². The van der Waals surface area contributed by atoms with Gasteiger partial charge in [0.25, 0.3) is 0 Å². The fourth-order valence-electron chi connectivity index (χ4n) is 2.62. The van der Waals surface area contributed by atoms with Gasteiger partial charge in [0.05, 0.1) is 13.2 Å². The molecule has 32 heavy (non-hydrogen) atoms. The quantitative estimate of drug-likeness (QED) is 0.243. The summed E-state index contributed by atoms with van der Waals surface area (Å²) in [6.45, 7) is 9.54. The van der Waals surface area contributed by atoms with Crippen LogP contribution in [0.15, 0.2) is 48.5 Å². The summed E-state index contributed by atoms with van der Waals surface area (Å²) in [6.07, 6.45) is 2.51. The fraction of sp³-hybridized carbons (Fsp3) is 0.458. The van der Waals surface area contributed by atoms with E-state index in [1.807, 2.05) is 62.4 Å². The van der Waals surface area contributed by atoms with Gasteiger partial charge in [0.15, 0.2) is 5.11 Å². The Morgan fingerprint density at radius 3 is 1.69 bits per heavy atom. The molecule has 0 saturated heterocycles. The van der Waals surface area contributed by atoms with Crippen LogP contribution in [0.1, 0.15) is 40.5 Å². The van der Waals surface area contributed by atoms with E-state index >= 15 is 0 Å². The maximum absolute atomic E-state index is 5.64. The first-order chi connectivity index (χ1) is 15.4. The summed E-state index contributed by atoms with van der Waals surface area (Å²) in [5.74, 6) is 2.95. The zero-order valence-corrected chi connectivity index (χ0v) is 24.5. The maximum atomic E-state index is 5.64. The molecule has 5 nitrogen and oxygen atoms in total. The molecule has 176 valence electrons. The van der Waals surface area contributed by atoms with Crippen molar-refractivity contribution in [1.29, 1.82) is 0 Å². The molecule has 0 aliphatic heterocycles. The van der Waals surface area contributed by atoms with Gasteiger partial charge >= 0.3 is 81.8 Å². The molecule has 2 atom stereocenters. The Morgan fingerprint density at radius 2 is 1.34 bits per heavy atom. The van der Waals surface area contributed by atoms with Gasteiger partial charge in [-0.05, 0) is 74.6 Å². The van der Waals surface area contributed by atoms with E-state index in [9.17, 15) is 0 Å². The summed E-state index contributed by atoms with van der Waals surface area (Å²) >= 11 is 8.75. The molecule has 0 aromatic heterocycles. The predicted molar refractivity (Wildman–Crippen MR) is 147 cm³/mol.